The fourth-order valence-electron chi connectivity index (χ4n) is 3.53. The minimum Gasteiger partial charge on any atom is -0.356 e. The van der Waals surface area contributed by atoms with Gasteiger partial charge < -0.3 is 10.6 Å². The summed E-state index contributed by atoms with van der Waals surface area (Å²) in [5, 5.41) is 6.56. The monoisotopic (exact) mass is 266 g/mol. The molecule has 0 radical (unpaired) electrons. The van der Waals surface area contributed by atoms with E-state index in [0.717, 1.165) is 37.8 Å². The van der Waals surface area contributed by atoms with Gasteiger partial charge in [0.05, 0.1) is 0 Å². The Morgan fingerprint density at radius 2 is 1.89 bits per heavy atom. The molecule has 1 heterocycles. The summed E-state index contributed by atoms with van der Waals surface area (Å²) >= 11 is 0. The fourth-order valence-corrected chi connectivity index (χ4v) is 3.53. The smallest absolute Gasteiger partial charge is 0.223 e. The molecule has 1 saturated heterocycles. The van der Waals surface area contributed by atoms with Crippen LogP contribution in [-0.2, 0) is 4.79 Å². The van der Waals surface area contributed by atoms with Gasteiger partial charge in [-0.15, -0.1) is 0 Å². The van der Waals surface area contributed by atoms with Gasteiger partial charge in [0.2, 0.25) is 5.91 Å². The minimum absolute atomic E-state index is 0.239. The lowest BCUT2D eigenvalue weighted by molar-refractivity contribution is -0.126. The Bertz CT molecular complexity index is 284. The molecule has 1 saturated carbocycles. The second-order valence-corrected chi connectivity index (χ2v) is 6.78. The van der Waals surface area contributed by atoms with E-state index >= 15 is 0 Å². The molecule has 1 aliphatic carbocycles. The molecule has 0 bridgehead atoms. The molecule has 3 heteroatoms. The topological polar surface area (TPSA) is 41.1 Å². The van der Waals surface area contributed by atoms with E-state index in [1.807, 2.05) is 0 Å². The van der Waals surface area contributed by atoms with Gasteiger partial charge in [0.1, 0.15) is 0 Å². The van der Waals surface area contributed by atoms with Gasteiger partial charge in [0, 0.05) is 18.5 Å². The number of hydrogen-bond donors (Lipinski definition) is 2. The number of carbonyl (C=O) groups is 1. The maximum Gasteiger partial charge on any atom is 0.223 e. The number of hydrogen-bond acceptors (Lipinski definition) is 2. The summed E-state index contributed by atoms with van der Waals surface area (Å²) in [5.41, 5.74) is 0. The van der Waals surface area contributed by atoms with E-state index in [1.165, 1.54) is 32.1 Å². The molecular weight excluding hydrogens is 236 g/mol. The quantitative estimate of drug-likeness (QED) is 0.821. The van der Waals surface area contributed by atoms with Crippen molar-refractivity contribution in [2.75, 3.05) is 13.1 Å². The third kappa shape index (κ3) is 4.79. The predicted molar refractivity (Wildman–Crippen MR) is 78.9 cm³/mol. The van der Waals surface area contributed by atoms with Gasteiger partial charge >= 0.3 is 0 Å². The highest BCUT2D eigenvalue weighted by Gasteiger charge is 2.24. The molecule has 2 atom stereocenters. The van der Waals surface area contributed by atoms with E-state index in [9.17, 15) is 4.79 Å². The molecular formula is C16H30N2O. The van der Waals surface area contributed by atoms with Crippen LogP contribution in [0.25, 0.3) is 0 Å². The maximum absolute atomic E-state index is 12.1. The van der Waals surface area contributed by atoms with E-state index in [1.54, 1.807) is 0 Å². The van der Waals surface area contributed by atoms with Gasteiger partial charge in [-0.3, -0.25) is 4.79 Å². The molecule has 2 aliphatic rings. The first-order valence-electron chi connectivity index (χ1n) is 8.16. The molecule has 3 nitrogen and oxygen atoms in total. The zero-order valence-corrected chi connectivity index (χ0v) is 12.6. The van der Waals surface area contributed by atoms with Crippen LogP contribution in [0.4, 0.5) is 0 Å². The Balaban J connectivity index is 1.61. The van der Waals surface area contributed by atoms with Crippen molar-refractivity contribution in [3.8, 4) is 0 Å². The van der Waals surface area contributed by atoms with Gasteiger partial charge in [-0.05, 0) is 44.6 Å². The van der Waals surface area contributed by atoms with Crippen LogP contribution in [-0.4, -0.2) is 25.0 Å². The molecule has 2 N–H and O–H groups in total. The molecule has 0 spiro atoms. The third-order valence-corrected chi connectivity index (χ3v) is 4.98. The van der Waals surface area contributed by atoms with Crippen molar-refractivity contribution in [1.82, 2.24) is 10.6 Å². The number of nitrogens with one attached hydrogen (secondary N) is 2. The summed E-state index contributed by atoms with van der Waals surface area (Å²) in [4.78, 5) is 12.1. The van der Waals surface area contributed by atoms with E-state index in [2.05, 4.69) is 24.5 Å². The first-order valence-corrected chi connectivity index (χ1v) is 8.16. The fraction of sp³-hybridized carbons (Fsp3) is 0.938. The Labute approximate surface area is 117 Å². The zero-order chi connectivity index (χ0) is 13.7. The van der Waals surface area contributed by atoms with E-state index in [-0.39, 0.29) is 11.8 Å². The normalized spacial score (nSPS) is 35.9. The zero-order valence-electron chi connectivity index (χ0n) is 12.6. The van der Waals surface area contributed by atoms with Crippen LogP contribution < -0.4 is 10.6 Å². The summed E-state index contributed by atoms with van der Waals surface area (Å²) in [6.45, 7) is 6.40. The summed E-state index contributed by atoms with van der Waals surface area (Å²) in [6, 6.07) is 0.490. The minimum atomic E-state index is 0.239. The van der Waals surface area contributed by atoms with Crippen LogP contribution in [0.3, 0.4) is 0 Å². The average Bonchev–Trinajstić information content (AvgIpc) is 2.41. The van der Waals surface area contributed by atoms with Crippen LogP contribution in [0, 0.1) is 17.8 Å². The van der Waals surface area contributed by atoms with Crippen molar-refractivity contribution in [2.24, 2.45) is 17.8 Å². The summed E-state index contributed by atoms with van der Waals surface area (Å²) < 4.78 is 0. The van der Waals surface area contributed by atoms with Crippen molar-refractivity contribution < 1.29 is 4.79 Å². The number of carbonyl (C=O) groups excluding carboxylic acids is 1. The van der Waals surface area contributed by atoms with Gasteiger partial charge in [-0.25, -0.2) is 0 Å². The standard InChI is InChI=1S/C16H30N2O/c1-12-3-5-14(6-4-12)7-9-18-16(19)15-8-10-17-13(2)11-15/h12-15,17H,3-11H2,1-2H3,(H,18,19). The van der Waals surface area contributed by atoms with Gasteiger partial charge in [-0.1, -0.05) is 32.6 Å². The number of amides is 1. The first kappa shape index (κ1) is 14.8. The highest BCUT2D eigenvalue weighted by Crippen LogP contribution is 2.30. The van der Waals surface area contributed by atoms with E-state index in [4.69, 9.17) is 0 Å². The van der Waals surface area contributed by atoms with Gasteiger partial charge in [-0.2, -0.15) is 0 Å². The third-order valence-electron chi connectivity index (χ3n) is 4.98. The first-order chi connectivity index (χ1) is 9.15. The van der Waals surface area contributed by atoms with Gasteiger partial charge in [0.25, 0.3) is 0 Å². The van der Waals surface area contributed by atoms with Crippen molar-refractivity contribution in [3.05, 3.63) is 0 Å². The predicted octanol–water partition coefficient (Wildman–Crippen LogP) is 2.71. The second-order valence-electron chi connectivity index (χ2n) is 6.78. The lowest BCUT2D eigenvalue weighted by Gasteiger charge is -2.28. The van der Waals surface area contributed by atoms with Crippen LogP contribution >= 0.6 is 0 Å². The van der Waals surface area contributed by atoms with Gasteiger partial charge in [0.15, 0.2) is 0 Å². The van der Waals surface area contributed by atoms with Crippen molar-refractivity contribution in [3.63, 3.8) is 0 Å². The van der Waals surface area contributed by atoms with Crippen molar-refractivity contribution >= 4 is 5.91 Å². The maximum atomic E-state index is 12.1. The summed E-state index contributed by atoms with van der Waals surface area (Å²) in [5.74, 6) is 2.30. The molecule has 19 heavy (non-hydrogen) atoms. The van der Waals surface area contributed by atoms with Crippen molar-refractivity contribution in [1.29, 1.82) is 0 Å². The number of piperidine rings is 1. The molecule has 2 rings (SSSR count). The lowest BCUT2D eigenvalue weighted by Crippen LogP contribution is -2.42. The van der Waals surface area contributed by atoms with Crippen LogP contribution in [0.5, 0.6) is 0 Å². The van der Waals surface area contributed by atoms with Crippen LogP contribution in [0.15, 0.2) is 0 Å². The average molecular weight is 266 g/mol. The van der Waals surface area contributed by atoms with Crippen molar-refractivity contribution in [2.45, 2.75) is 64.8 Å². The molecule has 0 aromatic heterocycles. The Kier molecular flexibility index (Phi) is 5.68. The lowest BCUT2D eigenvalue weighted by atomic mass is 9.81. The van der Waals surface area contributed by atoms with Crippen LogP contribution in [0.2, 0.25) is 0 Å². The molecule has 1 amide bonds. The summed E-state index contributed by atoms with van der Waals surface area (Å²) in [6.07, 6.45) is 8.65. The van der Waals surface area contributed by atoms with Crippen LogP contribution in [0.1, 0.15) is 58.8 Å². The Hall–Kier alpha value is -0.570. The molecule has 1 aliphatic heterocycles. The highest BCUT2D eigenvalue weighted by molar-refractivity contribution is 5.78. The molecule has 110 valence electrons. The van der Waals surface area contributed by atoms with E-state index in [0.29, 0.717) is 6.04 Å². The molecule has 0 aromatic carbocycles. The second kappa shape index (κ2) is 7.28. The Morgan fingerprint density at radius 1 is 1.16 bits per heavy atom. The largest absolute Gasteiger partial charge is 0.356 e. The molecule has 2 fully saturated rings. The Morgan fingerprint density at radius 3 is 2.58 bits per heavy atom. The molecule has 2 unspecified atom stereocenters. The number of rotatable bonds is 4. The van der Waals surface area contributed by atoms with E-state index < -0.39 is 0 Å². The highest BCUT2D eigenvalue weighted by atomic mass is 16.1. The summed E-state index contributed by atoms with van der Waals surface area (Å²) in [7, 11) is 0. The SMILES string of the molecule is CC1CCC(CCNC(=O)C2CCNC(C)C2)CC1. The molecule has 0 aromatic rings.